The summed E-state index contributed by atoms with van der Waals surface area (Å²) >= 11 is 1.79. The highest BCUT2D eigenvalue weighted by atomic mass is 35.5. The van der Waals surface area contributed by atoms with Crippen molar-refractivity contribution in [1.82, 2.24) is 19.4 Å². The topological polar surface area (TPSA) is 81.3 Å². The van der Waals surface area contributed by atoms with Crippen molar-refractivity contribution in [2.75, 3.05) is 46.2 Å². The molecule has 4 aromatic rings. The molecule has 1 aliphatic heterocycles. The van der Waals surface area contributed by atoms with E-state index in [1.165, 1.54) is 32.3 Å². The van der Waals surface area contributed by atoms with Crippen molar-refractivity contribution in [3.05, 3.63) is 106 Å². The van der Waals surface area contributed by atoms with Crippen LogP contribution in [0.1, 0.15) is 5.56 Å². The molecule has 0 saturated carbocycles. The van der Waals surface area contributed by atoms with E-state index in [-0.39, 0.29) is 23.0 Å². The van der Waals surface area contributed by atoms with Crippen molar-refractivity contribution < 1.29 is 17.3 Å². The van der Waals surface area contributed by atoms with Crippen LogP contribution in [0.4, 0.5) is 11.4 Å². The Morgan fingerprint density at radius 1 is 0.907 bits per heavy atom. The maximum Gasteiger partial charge on any atom is 0.270 e. The fourth-order valence-corrected chi connectivity index (χ4v) is 6.17. The van der Waals surface area contributed by atoms with E-state index in [1.807, 2.05) is 6.07 Å². The highest BCUT2D eigenvalue weighted by molar-refractivity contribution is 7.21. The van der Waals surface area contributed by atoms with Crippen molar-refractivity contribution in [3.8, 4) is 21.8 Å². The van der Waals surface area contributed by atoms with Crippen molar-refractivity contribution in [3.63, 3.8) is 0 Å². The summed E-state index contributed by atoms with van der Waals surface area (Å²) in [5.74, 6) is 0. The number of nitrogens with one attached hydrogen (secondary N) is 1. The Kier molecular flexibility index (Phi) is 8.77. The minimum atomic E-state index is -0.364. The van der Waals surface area contributed by atoms with Gasteiger partial charge in [-0.1, -0.05) is 24.3 Å². The second-order valence-electron chi connectivity index (χ2n) is 11.0. The number of aromatic nitrogens is 2. The number of likely N-dealkylation sites (N-methyl/N-ethyl adjacent to an activating group) is 2. The molecule has 1 N–H and O–H groups in total. The number of rotatable bonds is 8. The molecule has 2 aliphatic rings. The van der Waals surface area contributed by atoms with Crippen LogP contribution in [0.15, 0.2) is 84.9 Å². The number of nitro groups is 1. The number of non-ortho nitro benzene ring substituents is 1. The molecule has 0 radical (unpaired) electrons. The van der Waals surface area contributed by atoms with Crippen molar-refractivity contribution in [2.45, 2.75) is 6.54 Å². The Labute approximate surface area is 260 Å². The number of hydrogen-bond donors (Lipinski definition) is 1. The van der Waals surface area contributed by atoms with Crippen LogP contribution in [0, 0.1) is 10.1 Å². The molecule has 0 fully saturated rings. The predicted octanol–water partition coefficient (Wildman–Crippen LogP) is 3.06. The van der Waals surface area contributed by atoms with Gasteiger partial charge >= 0.3 is 0 Å². The maximum absolute atomic E-state index is 11.1. The van der Waals surface area contributed by atoms with Crippen LogP contribution in [0.5, 0.6) is 0 Å². The molecule has 1 aliphatic carbocycles. The number of benzene rings is 4. The lowest BCUT2D eigenvalue weighted by molar-refractivity contribution is -0.384. The highest BCUT2D eigenvalue weighted by Crippen LogP contribution is 2.32. The van der Waals surface area contributed by atoms with Crippen LogP contribution in [0.25, 0.3) is 42.9 Å². The van der Waals surface area contributed by atoms with Gasteiger partial charge in [-0.2, -0.15) is 0 Å². The molecule has 0 unspecified atom stereocenters. The van der Waals surface area contributed by atoms with Gasteiger partial charge in [-0.25, -0.2) is 9.56 Å². The van der Waals surface area contributed by atoms with E-state index in [0.29, 0.717) is 0 Å². The third-order valence-corrected chi connectivity index (χ3v) is 8.75. The van der Waals surface area contributed by atoms with Crippen molar-refractivity contribution in [2.24, 2.45) is 0 Å². The first-order valence-corrected chi connectivity index (χ1v) is 14.7. The molecule has 43 heavy (non-hydrogen) atoms. The van der Waals surface area contributed by atoms with Gasteiger partial charge in [0.1, 0.15) is 14.1 Å². The van der Waals surface area contributed by atoms with Crippen LogP contribution in [0.2, 0.25) is 0 Å². The molecule has 2 heterocycles. The molecule has 3 aromatic carbocycles. The Hall–Kier alpha value is -4.31. The second kappa shape index (κ2) is 12.5. The molecule has 0 amide bonds. The summed E-state index contributed by atoms with van der Waals surface area (Å²) in [5.41, 5.74) is 7.46. The molecule has 0 bridgehead atoms. The van der Waals surface area contributed by atoms with Gasteiger partial charge in [0.2, 0.25) is 5.36 Å². The van der Waals surface area contributed by atoms with E-state index in [1.54, 1.807) is 23.5 Å². The van der Waals surface area contributed by atoms with Gasteiger partial charge in [-0.15, -0.1) is 11.3 Å². The Morgan fingerprint density at radius 2 is 1.70 bits per heavy atom. The molecule has 1 aromatic heterocycles. The monoisotopic (exact) mass is 612 g/mol. The van der Waals surface area contributed by atoms with Crippen LogP contribution < -0.4 is 27.2 Å². The molecular formula is C33H33ClN6O2S. The SMILES string of the molecule is CN(CCN(C)c1ccc2nc3ccc(=[N+](C)C)cc-3sc2c1)Cc1ccc(-c2cc3cc([N+](=O)[O-])ccc3[nH]2)cc1.[Cl-]. The largest absolute Gasteiger partial charge is 1.00 e. The standard InChI is InChI=1S/C33H33N6O2S.ClH/c1-36(2)25-9-13-29-32(19-25)42-33-20-26(10-14-30(33)35-29)38(4)16-15-37(3)21-22-5-7-23(8-6-22)31-18-24-17-27(39(40)41)11-12-28(24)34-31;/h5-14,17-20,34H,15-16,21H2,1-4H3;1H/q+1;/p-1. The van der Waals surface area contributed by atoms with Crippen LogP contribution in [-0.4, -0.2) is 61.1 Å². The fourth-order valence-electron chi connectivity index (χ4n) is 5.14. The first-order chi connectivity index (χ1) is 20.2. The molecule has 0 saturated heterocycles. The number of nitro benzene ring substituents is 1. The summed E-state index contributed by atoms with van der Waals surface area (Å²) in [4.78, 5) is 24.8. The van der Waals surface area contributed by atoms with E-state index in [2.05, 4.69) is 108 Å². The number of aromatic amines is 1. The van der Waals surface area contributed by atoms with E-state index in [9.17, 15) is 10.1 Å². The van der Waals surface area contributed by atoms with Gasteiger partial charge < -0.3 is 27.2 Å². The molecule has 8 nitrogen and oxygen atoms in total. The van der Waals surface area contributed by atoms with Crippen molar-refractivity contribution >= 4 is 43.8 Å². The molecule has 220 valence electrons. The zero-order chi connectivity index (χ0) is 29.4. The van der Waals surface area contributed by atoms with Gasteiger partial charge in [0, 0.05) is 73.2 Å². The molecular weight excluding hydrogens is 580 g/mol. The maximum atomic E-state index is 11.1. The summed E-state index contributed by atoms with van der Waals surface area (Å²) in [6, 6.07) is 28.3. The quantitative estimate of drug-likeness (QED) is 0.124. The van der Waals surface area contributed by atoms with E-state index in [0.717, 1.165) is 53.0 Å². The first kappa shape index (κ1) is 30.2. The average Bonchev–Trinajstić information content (AvgIpc) is 3.42. The summed E-state index contributed by atoms with van der Waals surface area (Å²) in [6.45, 7) is 2.66. The van der Waals surface area contributed by atoms with Gasteiger partial charge in [-0.3, -0.25) is 10.1 Å². The average molecular weight is 613 g/mol. The predicted molar refractivity (Wildman–Crippen MR) is 173 cm³/mol. The second-order valence-corrected chi connectivity index (χ2v) is 12.1. The van der Waals surface area contributed by atoms with E-state index in [4.69, 9.17) is 4.98 Å². The van der Waals surface area contributed by atoms with E-state index >= 15 is 0 Å². The van der Waals surface area contributed by atoms with E-state index < -0.39 is 0 Å². The first-order valence-electron chi connectivity index (χ1n) is 13.8. The highest BCUT2D eigenvalue weighted by Gasteiger charge is 2.12. The Morgan fingerprint density at radius 3 is 2.44 bits per heavy atom. The zero-order valence-electron chi connectivity index (χ0n) is 24.5. The normalized spacial score (nSPS) is 11.3. The molecule has 10 heteroatoms. The summed E-state index contributed by atoms with van der Waals surface area (Å²) in [6.07, 6.45) is 0. The van der Waals surface area contributed by atoms with Gasteiger partial charge in [0.25, 0.3) is 5.69 Å². The number of halogens is 1. The van der Waals surface area contributed by atoms with Gasteiger partial charge in [0.15, 0.2) is 0 Å². The van der Waals surface area contributed by atoms with Crippen LogP contribution in [-0.2, 0) is 6.54 Å². The number of fused-ring (bicyclic) bond motifs is 3. The lowest BCUT2D eigenvalue weighted by Gasteiger charge is -2.24. The summed E-state index contributed by atoms with van der Waals surface area (Å²) in [7, 11) is 8.40. The third kappa shape index (κ3) is 6.54. The van der Waals surface area contributed by atoms with Gasteiger partial charge in [-0.05, 0) is 54.6 Å². The lowest BCUT2D eigenvalue weighted by atomic mass is 10.1. The zero-order valence-corrected chi connectivity index (χ0v) is 26.1. The number of anilines is 1. The summed E-state index contributed by atoms with van der Waals surface area (Å²) in [5, 5.41) is 13.1. The Bertz CT molecular complexity index is 1960. The molecule has 6 rings (SSSR count). The van der Waals surface area contributed by atoms with Gasteiger partial charge in [0.05, 0.1) is 25.7 Å². The summed E-state index contributed by atoms with van der Waals surface area (Å²) < 4.78 is 3.30. The number of nitrogens with zero attached hydrogens (tertiary/aromatic N) is 5. The van der Waals surface area contributed by atoms with Crippen molar-refractivity contribution in [1.29, 1.82) is 0 Å². The number of H-pyrrole nitrogens is 1. The molecule has 0 atom stereocenters. The smallest absolute Gasteiger partial charge is 0.270 e. The lowest BCUT2D eigenvalue weighted by Crippen LogP contribution is -3.00. The Balaban J connectivity index is 0.00000368. The minimum Gasteiger partial charge on any atom is -1.00 e. The minimum absolute atomic E-state index is 0. The van der Waals surface area contributed by atoms with Crippen LogP contribution >= 0.6 is 11.3 Å². The fraction of sp³-hybridized carbons (Fsp3) is 0.212. The molecule has 0 spiro atoms. The van der Waals surface area contributed by atoms with Crippen LogP contribution in [0.3, 0.4) is 0 Å². The number of hydrogen-bond acceptors (Lipinski definition) is 6. The third-order valence-electron chi connectivity index (χ3n) is 7.65.